The Morgan fingerprint density at radius 3 is 2.45 bits per heavy atom. The minimum atomic E-state index is -3.14. The zero-order valence-corrected chi connectivity index (χ0v) is 11.9. The lowest BCUT2D eigenvalue weighted by Crippen LogP contribution is -2.56. The van der Waals surface area contributed by atoms with Crippen LogP contribution in [0, 0.1) is 0 Å². The lowest BCUT2D eigenvalue weighted by molar-refractivity contribution is -0.141. The summed E-state index contributed by atoms with van der Waals surface area (Å²) in [5.74, 6) is -1.39. The number of carbonyl (C=O) groups excluding carboxylic acids is 1. The second-order valence-electron chi connectivity index (χ2n) is 5.34. The van der Waals surface area contributed by atoms with Gasteiger partial charge in [0.15, 0.2) is 9.84 Å². The molecule has 0 aromatic rings. The largest absolute Gasteiger partial charge is 0.480 e. The standard InChI is InChI=1S/C11H18N2O6S/c1-7-6-20(18,19)3-2-12(7)11(17)13-5-8(14)4-9(13)10(15)16/h7-9,14H,2-6H2,1H3,(H,15,16)/t7?,8-,9-/m1/s1. The summed E-state index contributed by atoms with van der Waals surface area (Å²) in [6.45, 7) is 1.64. The van der Waals surface area contributed by atoms with Crippen LogP contribution in [0.1, 0.15) is 13.3 Å². The van der Waals surface area contributed by atoms with Crippen LogP contribution >= 0.6 is 0 Å². The zero-order chi connectivity index (χ0) is 15.1. The van der Waals surface area contributed by atoms with Crippen LogP contribution < -0.4 is 0 Å². The van der Waals surface area contributed by atoms with Crippen LogP contribution in [0.4, 0.5) is 4.79 Å². The second-order valence-corrected chi connectivity index (χ2v) is 7.56. The summed E-state index contributed by atoms with van der Waals surface area (Å²) in [7, 11) is -3.14. The molecule has 0 aromatic heterocycles. The molecule has 2 rings (SSSR count). The van der Waals surface area contributed by atoms with Crippen molar-refractivity contribution in [2.75, 3.05) is 24.6 Å². The molecule has 0 aliphatic carbocycles. The maximum Gasteiger partial charge on any atom is 0.326 e. The molecule has 1 unspecified atom stereocenters. The molecule has 0 bridgehead atoms. The topological polar surface area (TPSA) is 115 Å². The van der Waals surface area contributed by atoms with Gasteiger partial charge in [0.1, 0.15) is 6.04 Å². The number of rotatable bonds is 1. The maximum atomic E-state index is 12.4. The number of carboxylic acids is 1. The van der Waals surface area contributed by atoms with Gasteiger partial charge >= 0.3 is 12.0 Å². The van der Waals surface area contributed by atoms with E-state index in [0.29, 0.717) is 0 Å². The number of carbonyl (C=O) groups is 2. The molecule has 0 aromatic carbocycles. The van der Waals surface area contributed by atoms with Crippen LogP contribution in [-0.4, -0.2) is 83.2 Å². The molecule has 2 fully saturated rings. The number of carboxylic acid groups (broad SMARTS) is 1. The van der Waals surface area contributed by atoms with E-state index in [0.717, 1.165) is 4.90 Å². The van der Waals surface area contributed by atoms with Crippen molar-refractivity contribution < 1.29 is 28.2 Å². The predicted molar refractivity (Wildman–Crippen MR) is 69.0 cm³/mol. The normalized spacial score (nSPS) is 33.2. The summed E-state index contributed by atoms with van der Waals surface area (Å²) in [4.78, 5) is 26.0. The molecule has 3 atom stereocenters. The molecule has 2 aliphatic rings. The summed E-state index contributed by atoms with van der Waals surface area (Å²) in [6.07, 6.45) is -0.856. The Kier molecular flexibility index (Phi) is 3.92. The number of aliphatic hydroxyl groups excluding tert-OH is 1. The van der Waals surface area contributed by atoms with Crippen LogP contribution in [0.5, 0.6) is 0 Å². The molecular formula is C11H18N2O6S. The van der Waals surface area contributed by atoms with Gasteiger partial charge in [-0.2, -0.15) is 0 Å². The highest BCUT2D eigenvalue weighted by atomic mass is 32.2. The molecule has 2 saturated heterocycles. The molecule has 2 amide bonds. The summed E-state index contributed by atoms with van der Waals surface area (Å²) >= 11 is 0. The van der Waals surface area contributed by atoms with Gasteiger partial charge in [0.25, 0.3) is 0 Å². The molecule has 114 valence electrons. The average molecular weight is 306 g/mol. The first-order valence-corrected chi connectivity index (χ1v) is 8.22. The quantitative estimate of drug-likeness (QED) is 0.625. The van der Waals surface area contributed by atoms with E-state index >= 15 is 0 Å². The van der Waals surface area contributed by atoms with Crippen molar-refractivity contribution in [1.82, 2.24) is 9.80 Å². The van der Waals surface area contributed by atoms with Gasteiger partial charge in [0.2, 0.25) is 0 Å². The van der Waals surface area contributed by atoms with E-state index in [9.17, 15) is 23.1 Å². The highest BCUT2D eigenvalue weighted by Gasteiger charge is 2.42. The number of β-amino-alcohol motifs (C(OH)–C–C–N with tert-alkyl or cyclic N) is 1. The van der Waals surface area contributed by atoms with Crippen LogP contribution in [0.3, 0.4) is 0 Å². The third kappa shape index (κ3) is 2.88. The van der Waals surface area contributed by atoms with Gasteiger partial charge in [-0.15, -0.1) is 0 Å². The minimum absolute atomic E-state index is 0.00158. The summed E-state index contributed by atoms with van der Waals surface area (Å²) in [5.41, 5.74) is 0. The van der Waals surface area contributed by atoms with Crippen molar-refractivity contribution in [3.63, 3.8) is 0 Å². The number of amides is 2. The summed E-state index contributed by atoms with van der Waals surface area (Å²) < 4.78 is 23.0. The Morgan fingerprint density at radius 1 is 1.25 bits per heavy atom. The summed E-state index contributed by atoms with van der Waals surface area (Å²) in [6, 6.07) is -2.06. The molecule has 9 heteroatoms. The Hall–Kier alpha value is -1.35. The zero-order valence-electron chi connectivity index (χ0n) is 11.1. The average Bonchev–Trinajstić information content (AvgIpc) is 2.69. The van der Waals surface area contributed by atoms with Gasteiger partial charge in [-0.1, -0.05) is 0 Å². The lowest BCUT2D eigenvalue weighted by atomic mass is 10.2. The fraction of sp³-hybridized carbons (Fsp3) is 0.818. The van der Waals surface area contributed by atoms with Crippen molar-refractivity contribution in [1.29, 1.82) is 0 Å². The van der Waals surface area contributed by atoms with Crippen LogP contribution in [0.25, 0.3) is 0 Å². The van der Waals surface area contributed by atoms with Crippen LogP contribution in [0.2, 0.25) is 0 Å². The number of likely N-dealkylation sites (tertiary alicyclic amines) is 1. The molecule has 0 saturated carbocycles. The minimum Gasteiger partial charge on any atom is -0.480 e. The fourth-order valence-corrected chi connectivity index (χ4v) is 4.26. The number of hydrogen-bond acceptors (Lipinski definition) is 5. The van der Waals surface area contributed by atoms with E-state index in [1.165, 1.54) is 4.90 Å². The van der Waals surface area contributed by atoms with E-state index in [2.05, 4.69) is 0 Å². The predicted octanol–water partition coefficient (Wildman–Crippen LogP) is -1.25. The molecule has 20 heavy (non-hydrogen) atoms. The van der Waals surface area contributed by atoms with E-state index in [-0.39, 0.29) is 31.0 Å². The monoisotopic (exact) mass is 306 g/mol. The molecule has 2 aliphatic heterocycles. The molecular weight excluding hydrogens is 288 g/mol. The van der Waals surface area contributed by atoms with Crippen molar-refractivity contribution in [2.24, 2.45) is 0 Å². The first-order valence-electron chi connectivity index (χ1n) is 6.40. The number of aliphatic hydroxyl groups is 1. The number of aliphatic carboxylic acids is 1. The second kappa shape index (κ2) is 5.21. The van der Waals surface area contributed by atoms with Gasteiger partial charge < -0.3 is 20.0 Å². The smallest absolute Gasteiger partial charge is 0.326 e. The molecule has 0 radical (unpaired) electrons. The SMILES string of the molecule is CC1CS(=O)(=O)CCN1C(=O)N1C[C@H](O)C[C@@H]1C(=O)O. The number of sulfone groups is 1. The van der Waals surface area contributed by atoms with Crippen molar-refractivity contribution in [2.45, 2.75) is 31.5 Å². The maximum absolute atomic E-state index is 12.4. The van der Waals surface area contributed by atoms with Crippen molar-refractivity contribution >= 4 is 21.8 Å². The highest BCUT2D eigenvalue weighted by Crippen LogP contribution is 2.22. The van der Waals surface area contributed by atoms with Crippen molar-refractivity contribution in [3.05, 3.63) is 0 Å². The van der Waals surface area contributed by atoms with Crippen LogP contribution in [0.15, 0.2) is 0 Å². The van der Waals surface area contributed by atoms with Crippen LogP contribution in [-0.2, 0) is 14.6 Å². The number of urea groups is 1. The lowest BCUT2D eigenvalue weighted by Gasteiger charge is -2.37. The highest BCUT2D eigenvalue weighted by molar-refractivity contribution is 7.91. The number of nitrogens with zero attached hydrogens (tertiary/aromatic N) is 2. The first kappa shape index (κ1) is 15.0. The van der Waals surface area contributed by atoms with Gasteiger partial charge in [-0.25, -0.2) is 18.0 Å². The van der Waals surface area contributed by atoms with E-state index in [1.807, 2.05) is 0 Å². The van der Waals surface area contributed by atoms with Crippen molar-refractivity contribution in [3.8, 4) is 0 Å². The fourth-order valence-electron chi connectivity index (χ4n) is 2.71. The first-order chi connectivity index (χ1) is 9.21. The van der Waals surface area contributed by atoms with Gasteiger partial charge in [-0.05, 0) is 6.92 Å². The Labute approximate surface area is 116 Å². The molecule has 8 nitrogen and oxygen atoms in total. The Morgan fingerprint density at radius 2 is 1.90 bits per heavy atom. The third-order valence-corrected chi connectivity index (χ3v) is 5.52. The van der Waals surface area contributed by atoms with E-state index in [4.69, 9.17) is 5.11 Å². The van der Waals surface area contributed by atoms with Gasteiger partial charge in [-0.3, -0.25) is 0 Å². The van der Waals surface area contributed by atoms with E-state index < -0.39 is 40.0 Å². The number of hydrogen-bond donors (Lipinski definition) is 2. The summed E-state index contributed by atoms with van der Waals surface area (Å²) in [5, 5.41) is 18.6. The Balaban J connectivity index is 2.13. The molecule has 2 heterocycles. The third-order valence-electron chi connectivity index (χ3n) is 3.73. The Bertz CT molecular complexity index is 519. The van der Waals surface area contributed by atoms with Gasteiger partial charge in [0.05, 0.1) is 17.6 Å². The molecule has 0 spiro atoms. The van der Waals surface area contributed by atoms with Gasteiger partial charge in [0, 0.05) is 25.6 Å². The molecule has 2 N–H and O–H groups in total. The van der Waals surface area contributed by atoms with E-state index in [1.54, 1.807) is 6.92 Å².